The van der Waals surface area contributed by atoms with Gasteiger partial charge in [-0.1, -0.05) is 30.3 Å². The summed E-state index contributed by atoms with van der Waals surface area (Å²) in [5.74, 6) is 0. The first-order valence-corrected chi connectivity index (χ1v) is 7.87. The van der Waals surface area contributed by atoms with Gasteiger partial charge in [0.05, 0.1) is 11.1 Å². The van der Waals surface area contributed by atoms with Gasteiger partial charge in [-0.3, -0.25) is 4.98 Å². The molecular formula is C16H8Br2F3N. The molecule has 0 amide bonds. The van der Waals surface area contributed by atoms with Crippen molar-refractivity contribution in [3.8, 4) is 11.1 Å². The Labute approximate surface area is 141 Å². The third kappa shape index (κ3) is 2.77. The number of rotatable bonds is 1. The van der Waals surface area contributed by atoms with E-state index in [1.54, 1.807) is 6.20 Å². The summed E-state index contributed by atoms with van der Waals surface area (Å²) in [4.78, 5) is 4.23. The van der Waals surface area contributed by atoms with Crippen LogP contribution in [0.25, 0.3) is 22.0 Å². The first-order valence-electron chi connectivity index (χ1n) is 6.28. The third-order valence-electron chi connectivity index (χ3n) is 3.27. The highest BCUT2D eigenvalue weighted by Crippen LogP contribution is 2.40. The van der Waals surface area contributed by atoms with Crippen molar-refractivity contribution in [3.05, 3.63) is 63.2 Å². The third-order valence-corrected chi connectivity index (χ3v) is 4.47. The topological polar surface area (TPSA) is 12.9 Å². The zero-order chi connectivity index (χ0) is 15.9. The van der Waals surface area contributed by atoms with E-state index in [9.17, 15) is 13.2 Å². The second kappa shape index (κ2) is 5.66. The molecule has 0 aliphatic carbocycles. The van der Waals surface area contributed by atoms with Crippen LogP contribution >= 0.6 is 31.9 Å². The zero-order valence-corrected chi connectivity index (χ0v) is 14.1. The second-order valence-electron chi connectivity index (χ2n) is 4.70. The van der Waals surface area contributed by atoms with E-state index in [0.717, 1.165) is 17.7 Å². The van der Waals surface area contributed by atoms with E-state index in [2.05, 4.69) is 36.8 Å². The van der Waals surface area contributed by atoms with Crippen LogP contribution < -0.4 is 0 Å². The average Bonchev–Trinajstić information content (AvgIpc) is 2.46. The summed E-state index contributed by atoms with van der Waals surface area (Å²) in [7, 11) is 0. The molecule has 1 nitrogen and oxygen atoms in total. The molecule has 112 valence electrons. The number of hydrogen-bond acceptors (Lipinski definition) is 1. The monoisotopic (exact) mass is 429 g/mol. The molecule has 3 rings (SSSR count). The number of pyridine rings is 1. The van der Waals surface area contributed by atoms with E-state index in [0.29, 0.717) is 25.4 Å². The molecule has 0 saturated heterocycles. The lowest BCUT2D eigenvalue weighted by molar-refractivity contribution is -0.137. The number of fused-ring (bicyclic) bond motifs is 1. The second-order valence-corrected chi connectivity index (χ2v) is 6.41. The lowest BCUT2D eigenvalue weighted by Crippen LogP contribution is -2.05. The molecule has 3 aromatic rings. The largest absolute Gasteiger partial charge is 0.416 e. The van der Waals surface area contributed by atoms with Gasteiger partial charge in [0.25, 0.3) is 0 Å². The van der Waals surface area contributed by atoms with E-state index in [-0.39, 0.29) is 0 Å². The molecule has 0 aliphatic heterocycles. The minimum absolute atomic E-state index is 0.321. The van der Waals surface area contributed by atoms with Crippen LogP contribution in [0.15, 0.2) is 57.6 Å². The standard InChI is InChI=1S/C16H8Br2F3N/c17-12-7-10(16(19,20)21)6-11-14(9-4-2-1-3-5-9)13(18)8-22-15(11)12/h1-8H. The van der Waals surface area contributed by atoms with Crippen LogP contribution in [0, 0.1) is 0 Å². The normalized spacial score (nSPS) is 11.9. The van der Waals surface area contributed by atoms with Crippen LogP contribution in [0.1, 0.15) is 5.56 Å². The van der Waals surface area contributed by atoms with Crippen molar-refractivity contribution in [2.24, 2.45) is 0 Å². The first kappa shape index (κ1) is 15.5. The molecule has 22 heavy (non-hydrogen) atoms. The van der Waals surface area contributed by atoms with Gasteiger partial charge in [-0.05, 0) is 49.6 Å². The van der Waals surface area contributed by atoms with Gasteiger partial charge in [-0.15, -0.1) is 0 Å². The number of benzene rings is 2. The number of alkyl halides is 3. The molecule has 0 saturated carbocycles. The summed E-state index contributed by atoms with van der Waals surface area (Å²) in [6.45, 7) is 0. The summed E-state index contributed by atoms with van der Waals surface area (Å²) in [5.41, 5.74) is 1.31. The maximum atomic E-state index is 13.1. The Bertz CT molecular complexity index is 845. The zero-order valence-electron chi connectivity index (χ0n) is 11.0. The van der Waals surface area contributed by atoms with Crippen molar-refractivity contribution >= 4 is 42.8 Å². The van der Waals surface area contributed by atoms with E-state index in [1.165, 1.54) is 0 Å². The Morgan fingerprint density at radius 3 is 2.23 bits per heavy atom. The Balaban J connectivity index is 2.41. The highest BCUT2D eigenvalue weighted by atomic mass is 79.9. The van der Waals surface area contributed by atoms with Gasteiger partial charge >= 0.3 is 6.18 Å². The van der Waals surface area contributed by atoms with Gasteiger partial charge in [-0.2, -0.15) is 13.2 Å². The van der Waals surface area contributed by atoms with Crippen LogP contribution in [0.4, 0.5) is 13.2 Å². The van der Waals surface area contributed by atoms with Gasteiger partial charge in [0.2, 0.25) is 0 Å². The van der Waals surface area contributed by atoms with Crippen LogP contribution in [-0.4, -0.2) is 4.98 Å². The number of hydrogen-bond donors (Lipinski definition) is 0. The molecule has 1 aromatic heterocycles. The van der Waals surface area contributed by atoms with Gasteiger partial charge in [0.15, 0.2) is 0 Å². The quantitative estimate of drug-likeness (QED) is 0.432. The molecule has 0 unspecified atom stereocenters. The number of halogens is 5. The fraction of sp³-hybridized carbons (Fsp3) is 0.0625. The van der Waals surface area contributed by atoms with Gasteiger partial charge in [0, 0.05) is 26.1 Å². The Kier molecular flexibility index (Phi) is 3.99. The van der Waals surface area contributed by atoms with Crippen molar-refractivity contribution in [3.63, 3.8) is 0 Å². The van der Waals surface area contributed by atoms with E-state index >= 15 is 0 Å². The van der Waals surface area contributed by atoms with Crippen molar-refractivity contribution in [2.45, 2.75) is 6.18 Å². The SMILES string of the molecule is FC(F)(F)c1cc(Br)c2ncc(Br)c(-c3ccccc3)c2c1. The predicted molar refractivity (Wildman–Crippen MR) is 87.6 cm³/mol. The fourth-order valence-corrected chi connectivity index (χ4v) is 3.40. The Morgan fingerprint density at radius 1 is 0.909 bits per heavy atom. The lowest BCUT2D eigenvalue weighted by Gasteiger charge is -2.13. The minimum Gasteiger partial charge on any atom is -0.254 e. The fourth-order valence-electron chi connectivity index (χ4n) is 2.30. The lowest BCUT2D eigenvalue weighted by atomic mass is 10.00. The van der Waals surface area contributed by atoms with Crippen LogP contribution in [0.5, 0.6) is 0 Å². The van der Waals surface area contributed by atoms with Crippen molar-refractivity contribution in [1.29, 1.82) is 0 Å². The molecule has 6 heteroatoms. The summed E-state index contributed by atoms with van der Waals surface area (Å²) in [6, 6.07) is 11.4. The Hall–Kier alpha value is -1.40. The maximum absolute atomic E-state index is 13.1. The Morgan fingerprint density at radius 2 is 1.59 bits per heavy atom. The van der Waals surface area contributed by atoms with Gasteiger partial charge < -0.3 is 0 Å². The maximum Gasteiger partial charge on any atom is 0.416 e. The highest BCUT2D eigenvalue weighted by Gasteiger charge is 2.31. The summed E-state index contributed by atoms with van der Waals surface area (Å²) in [6.07, 6.45) is -2.81. The average molecular weight is 431 g/mol. The van der Waals surface area contributed by atoms with Crippen molar-refractivity contribution in [2.75, 3.05) is 0 Å². The number of nitrogens with zero attached hydrogens (tertiary/aromatic N) is 1. The molecule has 0 spiro atoms. The molecule has 1 heterocycles. The van der Waals surface area contributed by atoms with E-state index < -0.39 is 11.7 Å². The smallest absolute Gasteiger partial charge is 0.254 e. The van der Waals surface area contributed by atoms with Crippen LogP contribution in [-0.2, 0) is 6.18 Å². The molecular weight excluding hydrogens is 423 g/mol. The van der Waals surface area contributed by atoms with Crippen LogP contribution in [0.2, 0.25) is 0 Å². The predicted octanol–water partition coefficient (Wildman–Crippen LogP) is 6.45. The molecule has 0 bridgehead atoms. The van der Waals surface area contributed by atoms with E-state index in [1.807, 2.05) is 30.3 Å². The van der Waals surface area contributed by atoms with Crippen molar-refractivity contribution in [1.82, 2.24) is 4.98 Å². The molecule has 0 atom stereocenters. The van der Waals surface area contributed by atoms with Gasteiger partial charge in [0.1, 0.15) is 0 Å². The molecule has 0 aliphatic rings. The summed E-state index contributed by atoms with van der Waals surface area (Å²) >= 11 is 6.59. The highest BCUT2D eigenvalue weighted by molar-refractivity contribution is 9.11. The number of aromatic nitrogens is 1. The van der Waals surface area contributed by atoms with Crippen molar-refractivity contribution < 1.29 is 13.2 Å². The molecule has 0 N–H and O–H groups in total. The van der Waals surface area contributed by atoms with Crippen LogP contribution in [0.3, 0.4) is 0 Å². The summed E-state index contributed by atoms with van der Waals surface area (Å²) in [5, 5.41) is 0.447. The molecule has 2 aromatic carbocycles. The summed E-state index contributed by atoms with van der Waals surface area (Å²) < 4.78 is 40.2. The van der Waals surface area contributed by atoms with Gasteiger partial charge in [-0.25, -0.2) is 0 Å². The van der Waals surface area contributed by atoms with E-state index in [4.69, 9.17) is 0 Å². The minimum atomic E-state index is -4.41. The molecule has 0 fully saturated rings. The molecule has 0 radical (unpaired) electrons. The first-order chi connectivity index (χ1) is 10.4.